The van der Waals surface area contributed by atoms with Crippen LogP contribution in [0, 0.1) is 5.82 Å². The molecule has 3 rings (SSSR count). The molecule has 246 valence electrons. The first-order valence-electron chi connectivity index (χ1n) is 13.7. The van der Waals surface area contributed by atoms with Crippen LogP contribution in [0.25, 0.3) is 11.1 Å². The maximum atomic E-state index is 15.1. The van der Waals surface area contributed by atoms with Gasteiger partial charge in [0, 0.05) is 18.7 Å². The second-order valence-corrected chi connectivity index (χ2v) is 12.2. The quantitative estimate of drug-likeness (QED) is 0.243. The van der Waals surface area contributed by atoms with E-state index in [1.54, 1.807) is 41.5 Å². The lowest BCUT2D eigenvalue weighted by atomic mass is 9.97. The summed E-state index contributed by atoms with van der Waals surface area (Å²) in [5.74, 6) is -4.38. The minimum atomic E-state index is -5.14. The molecule has 15 heteroatoms. The third-order valence-electron chi connectivity index (χ3n) is 6.33. The van der Waals surface area contributed by atoms with Gasteiger partial charge >= 0.3 is 24.3 Å². The van der Waals surface area contributed by atoms with Gasteiger partial charge in [-0.05, 0) is 71.4 Å². The topological polar surface area (TPSA) is 135 Å². The first kappa shape index (κ1) is 34.9. The highest BCUT2D eigenvalue weighted by Crippen LogP contribution is 2.39. The van der Waals surface area contributed by atoms with Crippen LogP contribution < -0.4 is 5.32 Å². The summed E-state index contributed by atoms with van der Waals surface area (Å²) < 4.78 is 71.1. The molecule has 0 saturated carbocycles. The van der Waals surface area contributed by atoms with E-state index in [0.29, 0.717) is 0 Å². The normalized spacial score (nSPS) is 15.8. The molecular formula is C30H35F4N3O8. The summed E-state index contributed by atoms with van der Waals surface area (Å²) in [5.41, 5.74) is -4.98. The molecule has 0 unspecified atom stereocenters. The van der Waals surface area contributed by atoms with E-state index in [1.165, 1.54) is 4.90 Å². The van der Waals surface area contributed by atoms with Crippen molar-refractivity contribution in [3.8, 4) is 16.9 Å². The fourth-order valence-electron chi connectivity index (χ4n) is 4.45. The zero-order chi connectivity index (χ0) is 34.1. The molecule has 0 bridgehead atoms. The SMILES string of the molecule is COC(=O)[C@@H]1CN(C(=O)OC(C)(C)C)CCN1C(=O)c1cc(-c2cc(O)cc(C(F)(F)F)c2F)ccc1NC(=O)OC(C)(C)C. The average Bonchev–Trinajstić information content (AvgIpc) is 2.90. The lowest BCUT2D eigenvalue weighted by molar-refractivity contribution is -0.148. The van der Waals surface area contributed by atoms with Crippen LogP contribution in [-0.2, 0) is 25.2 Å². The molecule has 1 fully saturated rings. The molecular weight excluding hydrogens is 606 g/mol. The molecule has 1 aliphatic heterocycles. The molecule has 1 heterocycles. The van der Waals surface area contributed by atoms with Crippen LogP contribution in [0.3, 0.4) is 0 Å². The van der Waals surface area contributed by atoms with Gasteiger partial charge in [-0.2, -0.15) is 13.2 Å². The van der Waals surface area contributed by atoms with Gasteiger partial charge in [0.25, 0.3) is 5.91 Å². The van der Waals surface area contributed by atoms with Crippen molar-refractivity contribution >= 4 is 29.8 Å². The third kappa shape index (κ3) is 8.76. The predicted octanol–water partition coefficient (Wildman–Crippen LogP) is 5.80. The van der Waals surface area contributed by atoms with Gasteiger partial charge in [-0.25, -0.2) is 18.8 Å². The lowest BCUT2D eigenvalue weighted by Gasteiger charge is -2.40. The molecule has 45 heavy (non-hydrogen) atoms. The van der Waals surface area contributed by atoms with Crippen LogP contribution in [0.15, 0.2) is 30.3 Å². The van der Waals surface area contributed by atoms with Gasteiger partial charge in [-0.15, -0.1) is 0 Å². The fraction of sp³-hybridized carbons (Fsp3) is 0.467. The monoisotopic (exact) mass is 641 g/mol. The molecule has 1 saturated heterocycles. The van der Waals surface area contributed by atoms with Crippen LogP contribution in [0.1, 0.15) is 57.5 Å². The number of phenols is 1. The summed E-state index contributed by atoms with van der Waals surface area (Å²) in [6.45, 7) is 9.13. The highest BCUT2D eigenvalue weighted by Gasteiger charge is 2.40. The molecule has 2 N–H and O–H groups in total. The Kier molecular flexibility index (Phi) is 9.94. The van der Waals surface area contributed by atoms with E-state index in [-0.39, 0.29) is 42.5 Å². The second kappa shape index (κ2) is 12.8. The number of anilines is 1. The van der Waals surface area contributed by atoms with E-state index in [1.807, 2.05) is 0 Å². The van der Waals surface area contributed by atoms with E-state index in [4.69, 9.17) is 14.2 Å². The molecule has 3 amide bonds. The Morgan fingerprint density at radius 1 is 0.933 bits per heavy atom. The number of benzene rings is 2. The number of amides is 3. The Morgan fingerprint density at radius 2 is 1.56 bits per heavy atom. The Balaban J connectivity index is 2.12. The molecule has 2 aromatic rings. The van der Waals surface area contributed by atoms with Gasteiger partial charge in [0.15, 0.2) is 0 Å². The molecule has 1 atom stereocenters. The van der Waals surface area contributed by atoms with Gasteiger partial charge in [-0.3, -0.25) is 10.1 Å². The average molecular weight is 642 g/mol. The number of hydrogen-bond acceptors (Lipinski definition) is 8. The first-order valence-corrected chi connectivity index (χ1v) is 13.7. The van der Waals surface area contributed by atoms with Crippen molar-refractivity contribution in [1.82, 2.24) is 9.80 Å². The van der Waals surface area contributed by atoms with Crippen LogP contribution in [0.4, 0.5) is 32.8 Å². The van der Waals surface area contributed by atoms with Crippen LogP contribution in [-0.4, -0.2) is 83.0 Å². The Morgan fingerprint density at radius 3 is 2.11 bits per heavy atom. The number of ether oxygens (including phenoxy) is 3. The lowest BCUT2D eigenvalue weighted by Crippen LogP contribution is -2.60. The Hall–Kier alpha value is -4.56. The third-order valence-corrected chi connectivity index (χ3v) is 6.33. The summed E-state index contributed by atoms with van der Waals surface area (Å²) in [6.07, 6.45) is -6.86. The van der Waals surface area contributed by atoms with Gasteiger partial charge in [0.1, 0.15) is 28.8 Å². The predicted molar refractivity (Wildman–Crippen MR) is 153 cm³/mol. The first-order chi connectivity index (χ1) is 20.6. The van der Waals surface area contributed by atoms with Crippen molar-refractivity contribution in [2.75, 3.05) is 32.1 Å². The number of nitrogens with zero attached hydrogens (tertiary/aromatic N) is 2. The number of esters is 1. The van der Waals surface area contributed by atoms with Gasteiger partial charge in [-0.1, -0.05) is 6.07 Å². The van der Waals surface area contributed by atoms with Gasteiger partial charge in [0.05, 0.1) is 30.5 Å². The number of methoxy groups -OCH3 is 1. The molecule has 0 spiro atoms. The second-order valence-electron chi connectivity index (χ2n) is 12.2. The summed E-state index contributed by atoms with van der Waals surface area (Å²) in [6, 6.07) is 2.94. The van der Waals surface area contributed by atoms with Crippen LogP contribution in [0.5, 0.6) is 5.75 Å². The summed E-state index contributed by atoms with van der Waals surface area (Å²) >= 11 is 0. The number of phenolic OH excluding ortho intramolecular Hbond substituents is 1. The highest BCUT2D eigenvalue weighted by molar-refractivity contribution is 6.05. The highest BCUT2D eigenvalue weighted by atomic mass is 19.4. The zero-order valence-corrected chi connectivity index (χ0v) is 25.8. The van der Waals surface area contributed by atoms with E-state index in [0.717, 1.165) is 36.3 Å². The smallest absolute Gasteiger partial charge is 0.419 e. The minimum absolute atomic E-state index is 0.0706. The maximum absolute atomic E-state index is 15.1. The summed E-state index contributed by atoms with van der Waals surface area (Å²) in [5, 5.41) is 12.4. The van der Waals surface area contributed by atoms with Gasteiger partial charge in [0.2, 0.25) is 0 Å². The molecule has 11 nitrogen and oxygen atoms in total. The summed E-state index contributed by atoms with van der Waals surface area (Å²) in [4.78, 5) is 54.5. The number of halogens is 4. The molecule has 0 aromatic heterocycles. The molecule has 2 aromatic carbocycles. The number of aromatic hydroxyl groups is 1. The zero-order valence-electron chi connectivity index (χ0n) is 25.8. The van der Waals surface area contributed by atoms with Crippen molar-refractivity contribution in [3.05, 3.63) is 47.3 Å². The van der Waals surface area contributed by atoms with Crippen LogP contribution >= 0.6 is 0 Å². The standard InChI is InChI=1S/C30H35F4N3O8/c1-28(2,3)44-26(41)35-21-9-8-16(18-13-17(38)14-20(23(18)31)30(32,33)34)12-19(21)24(39)37-11-10-36(15-22(37)25(40)43-7)27(42)45-29(4,5)6/h8-9,12-14,22,38H,10-11,15H2,1-7H3,(H,35,41)/t22-/m0/s1. The number of rotatable bonds is 4. The van der Waals surface area contributed by atoms with Crippen molar-refractivity contribution in [2.45, 2.75) is 65.0 Å². The van der Waals surface area contributed by atoms with Crippen molar-refractivity contribution in [3.63, 3.8) is 0 Å². The number of piperazine rings is 1. The number of alkyl halides is 3. The number of carbonyl (C=O) groups is 4. The number of carbonyl (C=O) groups excluding carboxylic acids is 4. The van der Waals surface area contributed by atoms with E-state index in [2.05, 4.69) is 5.32 Å². The van der Waals surface area contributed by atoms with E-state index >= 15 is 4.39 Å². The minimum Gasteiger partial charge on any atom is -0.508 e. The van der Waals surface area contributed by atoms with E-state index < -0.39 is 70.2 Å². The number of hydrogen-bond donors (Lipinski definition) is 2. The molecule has 0 radical (unpaired) electrons. The van der Waals surface area contributed by atoms with E-state index in [9.17, 15) is 37.5 Å². The maximum Gasteiger partial charge on any atom is 0.419 e. The molecule has 1 aliphatic rings. The Bertz CT molecular complexity index is 1480. The van der Waals surface area contributed by atoms with Crippen molar-refractivity contribution in [1.29, 1.82) is 0 Å². The van der Waals surface area contributed by atoms with Crippen molar-refractivity contribution < 1.29 is 56.1 Å². The van der Waals surface area contributed by atoms with Crippen LogP contribution in [0.2, 0.25) is 0 Å². The Labute approximate surface area is 257 Å². The molecule has 0 aliphatic carbocycles. The fourth-order valence-corrected chi connectivity index (χ4v) is 4.45. The van der Waals surface area contributed by atoms with Crippen molar-refractivity contribution in [2.24, 2.45) is 0 Å². The number of nitrogens with one attached hydrogen (secondary N) is 1. The largest absolute Gasteiger partial charge is 0.508 e. The summed E-state index contributed by atoms with van der Waals surface area (Å²) in [7, 11) is 1.08. The van der Waals surface area contributed by atoms with Gasteiger partial charge < -0.3 is 29.1 Å².